The van der Waals surface area contributed by atoms with Gasteiger partial charge in [0.1, 0.15) is 5.37 Å². The summed E-state index contributed by atoms with van der Waals surface area (Å²) in [6.45, 7) is 7.93. The summed E-state index contributed by atoms with van der Waals surface area (Å²) in [5, 5.41) is 0.656. The number of sulfone groups is 1. The summed E-state index contributed by atoms with van der Waals surface area (Å²) in [7, 11) is -2.98. The summed E-state index contributed by atoms with van der Waals surface area (Å²) in [5.74, 6) is 2.01. The zero-order chi connectivity index (χ0) is 14.5. The Balaban J connectivity index is 2.89. The van der Waals surface area contributed by atoms with Crippen molar-refractivity contribution >= 4 is 37.5 Å². The van der Waals surface area contributed by atoms with E-state index in [2.05, 4.69) is 34.7 Å². The number of halogens is 1. The molecule has 0 aromatic rings. The maximum atomic E-state index is 12.2. The number of alkyl halides is 1. The summed E-state index contributed by atoms with van der Waals surface area (Å²) < 4.78 is 24.5. The molecular formula is C13H26BrNO2S2. The number of thioether (sulfide) groups is 1. The molecule has 1 rings (SSSR count). The summed E-state index contributed by atoms with van der Waals surface area (Å²) in [6.07, 6.45) is 2.16. The van der Waals surface area contributed by atoms with Gasteiger partial charge in [-0.2, -0.15) is 11.8 Å². The van der Waals surface area contributed by atoms with Crippen LogP contribution in [0.3, 0.4) is 0 Å². The predicted molar refractivity (Wildman–Crippen MR) is 89.0 cm³/mol. The molecule has 0 saturated carbocycles. The third kappa shape index (κ3) is 4.35. The van der Waals surface area contributed by atoms with E-state index in [9.17, 15) is 8.42 Å². The molecule has 0 spiro atoms. The fourth-order valence-electron chi connectivity index (χ4n) is 2.46. The first kappa shape index (κ1) is 17.8. The molecule has 3 nitrogen and oxygen atoms in total. The van der Waals surface area contributed by atoms with Crippen LogP contribution in [0.5, 0.6) is 0 Å². The highest BCUT2D eigenvalue weighted by Gasteiger charge is 2.37. The van der Waals surface area contributed by atoms with Gasteiger partial charge in [-0.1, -0.05) is 36.7 Å². The molecule has 1 saturated heterocycles. The first-order valence-corrected chi connectivity index (χ1v) is 11.0. The van der Waals surface area contributed by atoms with Crippen molar-refractivity contribution < 1.29 is 8.42 Å². The minimum absolute atomic E-state index is 0.198. The third-order valence-corrected chi connectivity index (χ3v) is 8.85. The minimum atomic E-state index is -2.98. The van der Waals surface area contributed by atoms with Gasteiger partial charge in [0.15, 0.2) is 9.84 Å². The molecular weight excluding hydrogens is 346 g/mol. The Morgan fingerprint density at radius 3 is 2.42 bits per heavy atom. The van der Waals surface area contributed by atoms with Crippen molar-refractivity contribution in [3.05, 3.63) is 0 Å². The van der Waals surface area contributed by atoms with Crippen LogP contribution in [0.25, 0.3) is 0 Å². The summed E-state index contributed by atoms with van der Waals surface area (Å²) >= 11 is 5.39. The van der Waals surface area contributed by atoms with Crippen LogP contribution < -0.4 is 0 Å². The van der Waals surface area contributed by atoms with E-state index in [0.29, 0.717) is 0 Å². The van der Waals surface area contributed by atoms with Gasteiger partial charge in [-0.3, -0.25) is 4.90 Å². The van der Waals surface area contributed by atoms with E-state index in [1.54, 1.807) is 18.7 Å². The van der Waals surface area contributed by atoms with Crippen molar-refractivity contribution in [1.29, 1.82) is 0 Å². The Labute approximate surface area is 130 Å². The minimum Gasteiger partial charge on any atom is -0.285 e. The van der Waals surface area contributed by atoms with Crippen molar-refractivity contribution in [2.24, 2.45) is 5.41 Å². The van der Waals surface area contributed by atoms with Gasteiger partial charge in [0.25, 0.3) is 0 Å². The normalized spacial score (nSPS) is 22.6. The first-order valence-electron chi connectivity index (χ1n) is 7.04. The van der Waals surface area contributed by atoms with E-state index in [1.807, 2.05) is 0 Å². The van der Waals surface area contributed by atoms with Gasteiger partial charge in [-0.15, -0.1) is 0 Å². The highest BCUT2D eigenvalue weighted by molar-refractivity contribution is 9.09. The monoisotopic (exact) mass is 371 g/mol. The zero-order valence-electron chi connectivity index (χ0n) is 12.2. The quantitative estimate of drug-likeness (QED) is 0.644. The highest BCUT2D eigenvalue weighted by atomic mass is 79.9. The van der Waals surface area contributed by atoms with Crippen LogP contribution in [0, 0.1) is 5.41 Å². The maximum absolute atomic E-state index is 12.2. The van der Waals surface area contributed by atoms with E-state index in [0.717, 1.165) is 42.8 Å². The van der Waals surface area contributed by atoms with Crippen LogP contribution >= 0.6 is 27.7 Å². The van der Waals surface area contributed by atoms with Crippen molar-refractivity contribution in [1.82, 2.24) is 4.90 Å². The Morgan fingerprint density at radius 1 is 1.32 bits per heavy atom. The SMILES string of the molecule is CCC(CC)(CBr)CN1CCSCC1S(=O)(=O)CC. The van der Waals surface area contributed by atoms with Gasteiger partial charge >= 0.3 is 0 Å². The third-order valence-electron chi connectivity index (χ3n) is 4.33. The highest BCUT2D eigenvalue weighted by Crippen LogP contribution is 2.33. The van der Waals surface area contributed by atoms with E-state index in [-0.39, 0.29) is 16.5 Å². The second-order valence-corrected chi connectivity index (χ2v) is 9.45. The molecule has 6 heteroatoms. The Kier molecular flexibility index (Phi) is 7.18. The lowest BCUT2D eigenvalue weighted by Crippen LogP contribution is -2.52. The molecule has 0 aliphatic carbocycles. The molecule has 0 radical (unpaired) electrons. The number of nitrogens with zero attached hydrogens (tertiary/aromatic N) is 1. The predicted octanol–water partition coefficient (Wildman–Crippen LogP) is 3.00. The van der Waals surface area contributed by atoms with Crippen molar-refractivity contribution in [2.75, 3.05) is 35.7 Å². The average molecular weight is 372 g/mol. The van der Waals surface area contributed by atoms with Crippen LogP contribution in [0.4, 0.5) is 0 Å². The fourth-order valence-corrected chi connectivity index (χ4v) is 6.51. The molecule has 1 aliphatic heterocycles. The van der Waals surface area contributed by atoms with E-state index >= 15 is 0 Å². The van der Waals surface area contributed by atoms with E-state index in [1.165, 1.54) is 0 Å². The largest absolute Gasteiger partial charge is 0.285 e. The van der Waals surface area contributed by atoms with Crippen LogP contribution in [-0.2, 0) is 9.84 Å². The molecule has 1 unspecified atom stereocenters. The molecule has 1 fully saturated rings. The molecule has 0 bridgehead atoms. The lowest BCUT2D eigenvalue weighted by atomic mass is 9.84. The fraction of sp³-hybridized carbons (Fsp3) is 1.00. The first-order chi connectivity index (χ1) is 8.94. The van der Waals surface area contributed by atoms with Crippen molar-refractivity contribution in [3.63, 3.8) is 0 Å². The lowest BCUT2D eigenvalue weighted by Gasteiger charge is -2.41. The average Bonchev–Trinajstić information content (AvgIpc) is 2.45. The van der Waals surface area contributed by atoms with Gasteiger partial charge in [-0.25, -0.2) is 8.42 Å². The maximum Gasteiger partial charge on any atom is 0.166 e. The Morgan fingerprint density at radius 2 is 1.95 bits per heavy atom. The number of hydrogen-bond donors (Lipinski definition) is 0. The summed E-state index contributed by atoms with van der Waals surface area (Å²) in [5.41, 5.74) is 0.198. The molecule has 19 heavy (non-hydrogen) atoms. The topological polar surface area (TPSA) is 37.4 Å². The summed E-state index contributed by atoms with van der Waals surface area (Å²) in [6, 6.07) is 0. The van der Waals surface area contributed by atoms with E-state index < -0.39 is 9.84 Å². The van der Waals surface area contributed by atoms with Crippen molar-refractivity contribution in [3.8, 4) is 0 Å². The second kappa shape index (κ2) is 7.66. The van der Waals surface area contributed by atoms with Gasteiger partial charge < -0.3 is 0 Å². The van der Waals surface area contributed by atoms with Gasteiger partial charge in [0, 0.05) is 35.7 Å². The molecule has 114 valence electrons. The van der Waals surface area contributed by atoms with Crippen LogP contribution in [0.1, 0.15) is 33.6 Å². The molecule has 1 atom stereocenters. The number of hydrogen-bond acceptors (Lipinski definition) is 4. The smallest absolute Gasteiger partial charge is 0.166 e. The molecule has 1 aliphatic rings. The molecule has 0 aromatic heterocycles. The van der Waals surface area contributed by atoms with Gasteiger partial charge in [0.05, 0.1) is 0 Å². The van der Waals surface area contributed by atoms with Crippen LogP contribution in [0.15, 0.2) is 0 Å². The zero-order valence-corrected chi connectivity index (χ0v) is 15.4. The standard InChI is InChI=1S/C13H26BrNO2S2/c1-4-13(5-2,10-14)11-15-7-8-18-9-12(15)19(16,17)6-3/h12H,4-11H2,1-3H3. The van der Waals surface area contributed by atoms with Gasteiger partial charge in [-0.05, 0) is 18.3 Å². The Bertz CT molecular complexity index is 361. The Hall–Kier alpha value is 0.740. The van der Waals surface area contributed by atoms with Crippen molar-refractivity contribution in [2.45, 2.75) is 39.0 Å². The van der Waals surface area contributed by atoms with Crippen LogP contribution in [0.2, 0.25) is 0 Å². The summed E-state index contributed by atoms with van der Waals surface area (Å²) in [4.78, 5) is 2.21. The molecule has 0 aromatic carbocycles. The second-order valence-electron chi connectivity index (χ2n) is 5.29. The lowest BCUT2D eigenvalue weighted by molar-refractivity contribution is 0.155. The number of rotatable bonds is 7. The van der Waals surface area contributed by atoms with E-state index in [4.69, 9.17) is 0 Å². The van der Waals surface area contributed by atoms with Gasteiger partial charge in [0.2, 0.25) is 0 Å². The molecule has 0 amide bonds. The van der Waals surface area contributed by atoms with Crippen LogP contribution in [-0.4, -0.2) is 54.4 Å². The molecule has 0 N–H and O–H groups in total. The molecule has 1 heterocycles.